The zero-order chi connectivity index (χ0) is 16.2. The molecule has 2 aliphatic rings. The molecule has 1 aromatic carbocycles. The van der Waals surface area contributed by atoms with Gasteiger partial charge in [-0.3, -0.25) is 4.79 Å². The summed E-state index contributed by atoms with van der Waals surface area (Å²) in [6, 6.07) is 8.83. The van der Waals surface area contributed by atoms with Crippen LogP contribution in [0.15, 0.2) is 24.3 Å². The van der Waals surface area contributed by atoms with Crippen molar-refractivity contribution >= 4 is 11.6 Å². The molecule has 3 rings (SSSR count). The number of anilines is 1. The summed E-state index contributed by atoms with van der Waals surface area (Å²) >= 11 is 0. The largest absolute Gasteiger partial charge is 0.378 e. The van der Waals surface area contributed by atoms with Crippen LogP contribution in [-0.2, 0) is 9.53 Å². The predicted octanol–water partition coefficient (Wildman–Crippen LogP) is 3.38. The van der Waals surface area contributed by atoms with Gasteiger partial charge in [0.25, 0.3) is 0 Å². The third-order valence-electron chi connectivity index (χ3n) is 5.05. The number of nitrogens with zero attached hydrogens (tertiary/aromatic N) is 2. The molecule has 0 aromatic heterocycles. The van der Waals surface area contributed by atoms with Crippen molar-refractivity contribution in [2.45, 2.75) is 50.7 Å². The molecular weight excluding hydrogens is 288 g/mol. The SMILES string of the molecule is CN(C)c1cccc([C@@H]2CCCN2C(=O)CC[C@@H]2CCCO2)c1. The van der Waals surface area contributed by atoms with Crippen LogP contribution in [0.1, 0.15) is 50.1 Å². The van der Waals surface area contributed by atoms with Crippen molar-refractivity contribution < 1.29 is 9.53 Å². The van der Waals surface area contributed by atoms with E-state index in [0.29, 0.717) is 18.4 Å². The normalized spacial score (nSPS) is 24.2. The number of hydrogen-bond acceptors (Lipinski definition) is 3. The van der Waals surface area contributed by atoms with Crippen LogP contribution >= 0.6 is 0 Å². The Kier molecular flexibility index (Phi) is 5.21. The highest BCUT2D eigenvalue weighted by molar-refractivity contribution is 5.77. The van der Waals surface area contributed by atoms with Crippen LogP contribution in [-0.4, -0.2) is 44.2 Å². The fraction of sp³-hybridized carbons (Fsp3) is 0.632. The number of rotatable bonds is 5. The molecule has 0 spiro atoms. The maximum atomic E-state index is 12.7. The lowest BCUT2D eigenvalue weighted by atomic mass is 10.0. The lowest BCUT2D eigenvalue weighted by Crippen LogP contribution is -2.31. The molecule has 0 aliphatic carbocycles. The Balaban J connectivity index is 1.64. The van der Waals surface area contributed by atoms with Crippen molar-refractivity contribution in [1.29, 1.82) is 0 Å². The van der Waals surface area contributed by atoms with Crippen molar-refractivity contribution in [1.82, 2.24) is 4.90 Å². The van der Waals surface area contributed by atoms with Crippen molar-refractivity contribution in [3.63, 3.8) is 0 Å². The third kappa shape index (κ3) is 3.86. The standard InChI is InChI=1S/C19H28N2O2/c1-20(2)16-7-3-6-15(14-16)18-9-4-12-21(18)19(22)11-10-17-8-5-13-23-17/h3,6-7,14,17-18H,4-5,8-13H2,1-2H3/t17-,18-/m0/s1. The van der Waals surface area contributed by atoms with E-state index in [0.717, 1.165) is 45.3 Å². The summed E-state index contributed by atoms with van der Waals surface area (Å²) < 4.78 is 5.64. The van der Waals surface area contributed by atoms with Crippen LogP contribution in [0.25, 0.3) is 0 Å². The topological polar surface area (TPSA) is 32.8 Å². The molecule has 126 valence electrons. The number of hydrogen-bond donors (Lipinski definition) is 0. The monoisotopic (exact) mass is 316 g/mol. The van der Waals surface area contributed by atoms with E-state index >= 15 is 0 Å². The number of carbonyl (C=O) groups is 1. The molecule has 23 heavy (non-hydrogen) atoms. The first-order valence-electron chi connectivity index (χ1n) is 8.83. The van der Waals surface area contributed by atoms with Gasteiger partial charge in [-0.05, 0) is 49.8 Å². The molecule has 0 N–H and O–H groups in total. The second-order valence-corrected chi connectivity index (χ2v) is 6.91. The molecule has 2 atom stereocenters. The van der Waals surface area contributed by atoms with Crippen molar-refractivity contribution in [3.8, 4) is 0 Å². The van der Waals surface area contributed by atoms with Gasteiger partial charge in [-0.1, -0.05) is 12.1 Å². The smallest absolute Gasteiger partial charge is 0.223 e. The van der Waals surface area contributed by atoms with E-state index in [4.69, 9.17) is 4.74 Å². The van der Waals surface area contributed by atoms with E-state index in [1.54, 1.807) is 0 Å². The van der Waals surface area contributed by atoms with Gasteiger partial charge in [-0.2, -0.15) is 0 Å². The molecule has 1 amide bonds. The predicted molar refractivity (Wildman–Crippen MR) is 92.7 cm³/mol. The maximum absolute atomic E-state index is 12.7. The fourth-order valence-corrected chi connectivity index (χ4v) is 3.72. The van der Waals surface area contributed by atoms with E-state index in [2.05, 4.69) is 48.2 Å². The van der Waals surface area contributed by atoms with E-state index in [1.807, 2.05) is 0 Å². The zero-order valence-corrected chi connectivity index (χ0v) is 14.3. The maximum Gasteiger partial charge on any atom is 0.223 e. The van der Waals surface area contributed by atoms with E-state index in [9.17, 15) is 4.79 Å². The summed E-state index contributed by atoms with van der Waals surface area (Å²) in [6.07, 6.45) is 6.22. The number of likely N-dealkylation sites (tertiary alicyclic amines) is 1. The first-order valence-corrected chi connectivity index (χ1v) is 8.83. The molecule has 4 heteroatoms. The number of carbonyl (C=O) groups excluding carboxylic acids is 1. The lowest BCUT2D eigenvalue weighted by Gasteiger charge is -2.26. The number of benzene rings is 1. The summed E-state index contributed by atoms with van der Waals surface area (Å²) in [6.45, 7) is 1.75. The summed E-state index contributed by atoms with van der Waals surface area (Å²) in [5.74, 6) is 0.290. The van der Waals surface area contributed by atoms with Crippen LogP contribution in [0.3, 0.4) is 0 Å². The van der Waals surface area contributed by atoms with Crippen LogP contribution < -0.4 is 4.90 Å². The van der Waals surface area contributed by atoms with Crippen molar-refractivity contribution in [2.75, 3.05) is 32.1 Å². The van der Waals surface area contributed by atoms with Crippen LogP contribution in [0.2, 0.25) is 0 Å². The second kappa shape index (κ2) is 7.35. The van der Waals surface area contributed by atoms with Gasteiger partial charge in [-0.15, -0.1) is 0 Å². The van der Waals surface area contributed by atoms with Gasteiger partial charge in [0.1, 0.15) is 0 Å². The molecule has 2 aliphatic heterocycles. The molecule has 2 saturated heterocycles. The highest BCUT2D eigenvalue weighted by Crippen LogP contribution is 2.34. The van der Waals surface area contributed by atoms with Crippen LogP contribution in [0.5, 0.6) is 0 Å². The minimum Gasteiger partial charge on any atom is -0.378 e. The zero-order valence-electron chi connectivity index (χ0n) is 14.3. The average Bonchev–Trinajstić information content (AvgIpc) is 3.24. The number of ether oxygens (including phenoxy) is 1. The van der Waals surface area contributed by atoms with Crippen LogP contribution in [0, 0.1) is 0 Å². The molecule has 0 saturated carbocycles. The molecule has 2 fully saturated rings. The van der Waals surface area contributed by atoms with Gasteiger partial charge in [-0.25, -0.2) is 0 Å². The van der Waals surface area contributed by atoms with Gasteiger partial charge in [0.2, 0.25) is 5.91 Å². The van der Waals surface area contributed by atoms with Gasteiger partial charge in [0.15, 0.2) is 0 Å². The minimum absolute atomic E-state index is 0.242. The minimum atomic E-state index is 0.242. The number of amides is 1. The Labute approximate surface area is 139 Å². The van der Waals surface area contributed by atoms with Gasteiger partial charge in [0, 0.05) is 39.4 Å². The molecule has 0 radical (unpaired) electrons. The molecule has 0 bridgehead atoms. The summed E-state index contributed by atoms with van der Waals surface area (Å²) in [5.41, 5.74) is 2.46. The fourth-order valence-electron chi connectivity index (χ4n) is 3.72. The van der Waals surface area contributed by atoms with E-state index < -0.39 is 0 Å². The summed E-state index contributed by atoms with van der Waals surface area (Å²) in [7, 11) is 4.11. The Morgan fingerprint density at radius 2 is 2.17 bits per heavy atom. The third-order valence-corrected chi connectivity index (χ3v) is 5.05. The van der Waals surface area contributed by atoms with Crippen molar-refractivity contribution in [2.24, 2.45) is 0 Å². The molecule has 4 nitrogen and oxygen atoms in total. The Bertz CT molecular complexity index is 538. The van der Waals surface area contributed by atoms with Crippen LogP contribution in [0.4, 0.5) is 5.69 Å². The highest BCUT2D eigenvalue weighted by Gasteiger charge is 2.30. The molecule has 0 unspecified atom stereocenters. The Morgan fingerprint density at radius 1 is 1.30 bits per heavy atom. The van der Waals surface area contributed by atoms with E-state index in [1.165, 1.54) is 11.3 Å². The van der Waals surface area contributed by atoms with E-state index in [-0.39, 0.29) is 6.04 Å². The summed E-state index contributed by atoms with van der Waals surface area (Å²) in [5, 5.41) is 0. The second-order valence-electron chi connectivity index (χ2n) is 6.91. The first kappa shape index (κ1) is 16.3. The molecule has 1 aromatic rings. The Morgan fingerprint density at radius 3 is 2.91 bits per heavy atom. The molecule has 2 heterocycles. The quantitative estimate of drug-likeness (QED) is 0.835. The highest BCUT2D eigenvalue weighted by atomic mass is 16.5. The lowest BCUT2D eigenvalue weighted by molar-refractivity contribution is -0.132. The van der Waals surface area contributed by atoms with Gasteiger partial charge < -0.3 is 14.5 Å². The Hall–Kier alpha value is -1.55. The van der Waals surface area contributed by atoms with Gasteiger partial charge >= 0.3 is 0 Å². The van der Waals surface area contributed by atoms with Gasteiger partial charge in [0.05, 0.1) is 12.1 Å². The molecular formula is C19H28N2O2. The summed E-state index contributed by atoms with van der Waals surface area (Å²) in [4.78, 5) is 16.9. The van der Waals surface area contributed by atoms with Crippen molar-refractivity contribution in [3.05, 3.63) is 29.8 Å². The first-order chi connectivity index (χ1) is 11.1. The average molecular weight is 316 g/mol.